The standard InChI is InChI=1S/C16H16ClFO2/c1-10-7-13(18)5-3-11(10)9-15(19)12-4-6-16(20-2)14(17)8-12/h3-8,15,19H,9H2,1-2H3. The largest absolute Gasteiger partial charge is 0.495 e. The predicted octanol–water partition coefficient (Wildman–Crippen LogP) is 4.07. The van der Waals surface area contributed by atoms with Gasteiger partial charge in [-0.15, -0.1) is 0 Å². The second kappa shape index (κ2) is 6.25. The molecule has 0 saturated carbocycles. The van der Waals surface area contributed by atoms with Gasteiger partial charge in [0.1, 0.15) is 11.6 Å². The zero-order chi connectivity index (χ0) is 14.7. The fourth-order valence-corrected chi connectivity index (χ4v) is 2.37. The Morgan fingerprint density at radius 3 is 2.60 bits per heavy atom. The maximum Gasteiger partial charge on any atom is 0.137 e. The number of methoxy groups -OCH3 is 1. The molecule has 2 nitrogen and oxygen atoms in total. The molecule has 2 aromatic carbocycles. The Morgan fingerprint density at radius 1 is 1.25 bits per heavy atom. The molecule has 4 heteroatoms. The van der Waals surface area contributed by atoms with Gasteiger partial charge in [0.05, 0.1) is 18.2 Å². The topological polar surface area (TPSA) is 29.5 Å². The molecule has 106 valence electrons. The van der Waals surface area contributed by atoms with Crippen molar-refractivity contribution in [2.45, 2.75) is 19.4 Å². The number of ether oxygens (including phenoxy) is 1. The van der Waals surface area contributed by atoms with Crippen molar-refractivity contribution in [2.24, 2.45) is 0 Å². The summed E-state index contributed by atoms with van der Waals surface area (Å²) in [6.07, 6.45) is -0.281. The Kier molecular flexibility index (Phi) is 4.63. The first-order valence-corrected chi connectivity index (χ1v) is 6.65. The van der Waals surface area contributed by atoms with Crippen LogP contribution in [0.2, 0.25) is 5.02 Å². The summed E-state index contributed by atoms with van der Waals surface area (Å²) >= 11 is 6.04. The molecule has 0 aliphatic heterocycles. The third-order valence-corrected chi connectivity index (χ3v) is 3.57. The third-order valence-electron chi connectivity index (χ3n) is 3.28. The zero-order valence-corrected chi connectivity index (χ0v) is 12.1. The Balaban J connectivity index is 2.19. The molecule has 1 atom stereocenters. The van der Waals surface area contributed by atoms with Gasteiger partial charge in [-0.2, -0.15) is 0 Å². The number of aryl methyl sites for hydroxylation is 1. The van der Waals surface area contributed by atoms with E-state index >= 15 is 0 Å². The van der Waals surface area contributed by atoms with E-state index in [2.05, 4.69) is 0 Å². The van der Waals surface area contributed by atoms with Gasteiger partial charge in [0.2, 0.25) is 0 Å². The molecule has 0 aliphatic carbocycles. The fraction of sp³-hybridized carbons (Fsp3) is 0.250. The highest BCUT2D eigenvalue weighted by atomic mass is 35.5. The van der Waals surface area contributed by atoms with Gasteiger partial charge in [0.15, 0.2) is 0 Å². The number of rotatable bonds is 4. The molecule has 0 aromatic heterocycles. The molecular weight excluding hydrogens is 279 g/mol. The van der Waals surface area contributed by atoms with Crippen LogP contribution in [0.25, 0.3) is 0 Å². The zero-order valence-electron chi connectivity index (χ0n) is 11.4. The van der Waals surface area contributed by atoms with Crippen LogP contribution in [-0.4, -0.2) is 12.2 Å². The number of hydrogen-bond acceptors (Lipinski definition) is 2. The van der Waals surface area contributed by atoms with E-state index in [1.807, 2.05) is 6.92 Å². The van der Waals surface area contributed by atoms with Crippen LogP contribution in [0.3, 0.4) is 0 Å². The monoisotopic (exact) mass is 294 g/mol. The average molecular weight is 295 g/mol. The van der Waals surface area contributed by atoms with E-state index in [0.29, 0.717) is 22.8 Å². The van der Waals surface area contributed by atoms with Gasteiger partial charge >= 0.3 is 0 Å². The van der Waals surface area contributed by atoms with Crippen molar-refractivity contribution < 1.29 is 14.2 Å². The van der Waals surface area contributed by atoms with Crippen molar-refractivity contribution in [3.8, 4) is 5.75 Å². The van der Waals surface area contributed by atoms with Crippen LogP contribution in [0.15, 0.2) is 36.4 Å². The van der Waals surface area contributed by atoms with Gasteiger partial charge in [-0.1, -0.05) is 23.7 Å². The van der Waals surface area contributed by atoms with E-state index in [9.17, 15) is 9.50 Å². The lowest BCUT2D eigenvalue weighted by Crippen LogP contribution is -2.03. The minimum atomic E-state index is -0.692. The lowest BCUT2D eigenvalue weighted by Gasteiger charge is -2.14. The molecule has 0 spiro atoms. The molecule has 0 amide bonds. The molecular formula is C16H16ClFO2. The molecule has 0 bridgehead atoms. The predicted molar refractivity (Wildman–Crippen MR) is 77.8 cm³/mol. The van der Waals surface area contributed by atoms with Gasteiger partial charge in [-0.3, -0.25) is 0 Å². The summed E-state index contributed by atoms with van der Waals surface area (Å²) in [5.74, 6) is 0.300. The van der Waals surface area contributed by atoms with Crippen molar-refractivity contribution in [3.05, 3.63) is 63.9 Å². The summed E-state index contributed by atoms with van der Waals surface area (Å²) in [5.41, 5.74) is 2.44. The van der Waals surface area contributed by atoms with Gasteiger partial charge in [0.25, 0.3) is 0 Å². The number of aliphatic hydroxyl groups is 1. The number of hydrogen-bond donors (Lipinski definition) is 1. The first-order chi connectivity index (χ1) is 9.51. The van der Waals surface area contributed by atoms with E-state index < -0.39 is 6.10 Å². The first kappa shape index (κ1) is 14.8. The summed E-state index contributed by atoms with van der Waals surface area (Å²) in [6.45, 7) is 1.83. The van der Waals surface area contributed by atoms with Crippen LogP contribution in [0.4, 0.5) is 4.39 Å². The molecule has 0 heterocycles. The third kappa shape index (κ3) is 3.30. The van der Waals surface area contributed by atoms with Crippen LogP contribution >= 0.6 is 11.6 Å². The van der Waals surface area contributed by atoms with E-state index in [0.717, 1.165) is 11.1 Å². The molecule has 2 rings (SSSR count). The Labute approximate surface area is 122 Å². The maximum atomic E-state index is 13.1. The Bertz CT molecular complexity index is 613. The van der Waals surface area contributed by atoms with Crippen molar-refractivity contribution in [1.29, 1.82) is 0 Å². The van der Waals surface area contributed by atoms with Crippen molar-refractivity contribution in [1.82, 2.24) is 0 Å². The Hall–Kier alpha value is -1.58. The van der Waals surface area contributed by atoms with Crippen molar-refractivity contribution in [3.63, 3.8) is 0 Å². The molecule has 0 fully saturated rings. The molecule has 1 N–H and O–H groups in total. The molecule has 20 heavy (non-hydrogen) atoms. The first-order valence-electron chi connectivity index (χ1n) is 6.28. The van der Waals surface area contributed by atoms with E-state index in [-0.39, 0.29) is 5.82 Å². The molecule has 0 saturated heterocycles. The van der Waals surface area contributed by atoms with Crippen LogP contribution in [0.1, 0.15) is 22.8 Å². The highest BCUT2D eigenvalue weighted by Crippen LogP contribution is 2.29. The summed E-state index contributed by atoms with van der Waals surface area (Å²) in [7, 11) is 1.54. The van der Waals surface area contributed by atoms with Gasteiger partial charge in [-0.25, -0.2) is 4.39 Å². The molecule has 0 radical (unpaired) electrons. The van der Waals surface area contributed by atoms with Crippen LogP contribution in [0.5, 0.6) is 5.75 Å². The average Bonchev–Trinajstić information content (AvgIpc) is 2.41. The highest BCUT2D eigenvalue weighted by molar-refractivity contribution is 6.32. The number of benzene rings is 2. The minimum Gasteiger partial charge on any atom is -0.495 e. The Morgan fingerprint density at radius 2 is 2.00 bits per heavy atom. The van der Waals surface area contributed by atoms with E-state index in [4.69, 9.17) is 16.3 Å². The van der Waals surface area contributed by atoms with Crippen molar-refractivity contribution >= 4 is 11.6 Å². The second-order valence-corrected chi connectivity index (χ2v) is 5.09. The van der Waals surface area contributed by atoms with Crippen LogP contribution in [-0.2, 0) is 6.42 Å². The number of aliphatic hydroxyl groups excluding tert-OH is 1. The van der Waals surface area contributed by atoms with Crippen molar-refractivity contribution in [2.75, 3.05) is 7.11 Å². The second-order valence-electron chi connectivity index (χ2n) is 4.68. The summed E-state index contributed by atoms with van der Waals surface area (Å²) in [4.78, 5) is 0. The van der Waals surface area contributed by atoms with Gasteiger partial charge < -0.3 is 9.84 Å². The normalized spacial score (nSPS) is 12.2. The van der Waals surface area contributed by atoms with E-state index in [1.165, 1.54) is 12.1 Å². The maximum absolute atomic E-state index is 13.1. The van der Waals surface area contributed by atoms with Crippen LogP contribution in [0, 0.1) is 12.7 Å². The van der Waals surface area contributed by atoms with Gasteiger partial charge in [0, 0.05) is 6.42 Å². The summed E-state index contributed by atoms with van der Waals surface area (Å²) in [5, 5.41) is 10.7. The minimum absolute atomic E-state index is 0.270. The molecule has 1 unspecified atom stereocenters. The molecule has 2 aromatic rings. The smallest absolute Gasteiger partial charge is 0.137 e. The SMILES string of the molecule is COc1ccc(C(O)Cc2ccc(F)cc2C)cc1Cl. The quantitative estimate of drug-likeness (QED) is 0.921. The fourth-order valence-electron chi connectivity index (χ4n) is 2.10. The molecule has 0 aliphatic rings. The van der Waals surface area contributed by atoms with Gasteiger partial charge in [-0.05, 0) is 47.9 Å². The number of halogens is 2. The lowest BCUT2D eigenvalue weighted by molar-refractivity contribution is 0.178. The van der Waals surface area contributed by atoms with E-state index in [1.54, 1.807) is 31.4 Å². The summed E-state index contributed by atoms with van der Waals surface area (Å²) in [6, 6.07) is 9.73. The van der Waals surface area contributed by atoms with Crippen LogP contribution < -0.4 is 4.74 Å². The summed E-state index contributed by atoms with van der Waals surface area (Å²) < 4.78 is 18.1. The highest BCUT2D eigenvalue weighted by Gasteiger charge is 2.12. The lowest BCUT2D eigenvalue weighted by atomic mass is 9.98.